The Kier molecular flexibility index (Phi) is 4.20. The van der Waals surface area contributed by atoms with Crippen LogP contribution in [0.1, 0.15) is 33.6 Å². The third-order valence-corrected chi connectivity index (χ3v) is 4.89. The van der Waals surface area contributed by atoms with E-state index < -0.39 is 14.6 Å². The molecule has 0 saturated heterocycles. The largest absolute Gasteiger partial charge is 0.330 e. The second kappa shape index (κ2) is 4.23. The summed E-state index contributed by atoms with van der Waals surface area (Å²) in [4.78, 5) is 0. The molecule has 0 rings (SSSR count). The van der Waals surface area contributed by atoms with Gasteiger partial charge in [0.15, 0.2) is 9.84 Å². The van der Waals surface area contributed by atoms with Gasteiger partial charge in [-0.1, -0.05) is 6.92 Å². The molecule has 2 N–H and O–H groups in total. The number of nitrogens with two attached hydrogens (primary N) is 1. The fraction of sp³-hybridized carbons (Fsp3) is 1.00. The van der Waals surface area contributed by atoms with Gasteiger partial charge in [0.2, 0.25) is 0 Å². The van der Waals surface area contributed by atoms with Crippen LogP contribution in [0.25, 0.3) is 0 Å². The summed E-state index contributed by atoms with van der Waals surface area (Å²) in [5.41, 5.74) is 5.34. The van der Waals surface area contributed by atoms with Crippen molar-refractivity contribution in [3.05, 3.63) is 0 Å². The molecule has 0 aromatic heterocycles. The summed E-state index contributed by atoms with van der Waals surface area (Å²) in [6, 6.07) is 0. The highest BCUT2D eigenvalue weighted by atomic mass is 32.2. The highest BCUT2D eigenvalue weighted by molar-refractivity contribution is 7.92. The van der Waals surface area contributed by atoms with Crippen LogP contribution < -0.4 is 5.73 Å². The fourth-order valence-corrected chi connectivity index (χ4v) is 2.57. The van der Waals surface area contributed by atoms with Gasteiger partial charge in [0.25, 0.3) is 0 Å². The number of hydrogen-bond donors (Lipinski definition) is 1. The lowest BCUT2D eigenvalue weighted by Gasteiger charge is -2.23. The van der Waals surface area contributed by atoms with Gasteiger partial charge in [-0.15, -0.1) is 0 Å². The molecule has 3 nitrogen and oxygen atoms in total. The second-order valence-electron chi connectivity index (χ2n) is 3.62. The molecule has 0 fully saturated rings. The van der Waals surface area contributed by atoms with E-state index in [1.165, 1.54) is 0 Å². The van der Waals surface area contributed by atoms with Crippen LogP contribution in [-0.4, -0.2) is 25.5 Å². The van der Waals surface area contributed by atoms with Crippen LogP contribution in [0.5, 0.6) is 0 Å². The molecule has 74 valence electrons. The lowest BCUT2D eigenvalue weighted by Crippen LogP contribution is -2.35. The molecular weight excluding hydrogens is 174 g/mol. The third-order valence-electron chi connectivity index (χ3n) is 2.06. The van der Waals surface area contributed by atoms with Crippen LogP contribution in [0, 0.1) is 0 Å². The first-order chi connectivity index (χ1) is 5.37. The minimum absolute atomic E-state index is 0.264. The molecule has 0 aliphatic rings. The Bertz CT molecular complexity index is 219. The van der Waals surface area contributed by atoms with Gasteiger partial charge in [0, 0.05) is 0 Å². The molecule has 0 radical (unpaired) electrons. The number of rotatable bonds is 5. The van der Waals surface area contributed by atoms with Crippen LogP contribution in [0.3, 0.4) is 0 Å². The van der Waals surface area contributed by atoms with E-state index in [0.29, 0.717) is 19.4 Å². The molecule has 0 aromatic carbocycles. The van der Waals surface area contributed by atoms with Gasteiger partial charge in [0.05, 0.1) is 10.5 Å². The van der Waals surface area contributed by atoms with Crippen molar-refractivity contribution < 1.29 is 8.42 Å². The summed E-state index contributed by atoms with van der Waals surface area (Å²) < 4.78 is 22.5. The van der Waals surface area contributed by atoms with Gasteiger partial charge < -0.3 is 5.73 Å². The highest BCUT2D eigenvalue weighted by Gasteiger charge is 2.32. The quantitative estimate of drug-likeness (QED) is 0.707. The molecule has 4 heteroatoms. The van der Waals surface area contributed by atoms with E-state index in [2.05, 4.69) is 0 Å². The van der Waals surface area contributed by atoms with Crippen molar-refractivity contribution in [3.63, 3.8) is 0 Å². The number of sulfone groups is 1. The average molecular weight is 193 g/mol. The van der Waals surface area contributed by atoms with Crippen molar-refractivity contribution in [1.82, 2.24) is 0 Å². The van der Waals surface area contributed by atoms with E-state index in [-0.39, 0.29) is 5.75 Å². The monoisotopic (exact) mass is 193 g/mol. The maximum absolute atomic E-state index is 11.6. The summed E-state index contributed by atoms with van der Waals surface area (Å²) in [5, 5.41) is 0. The Labute approximate surface area is 75.3 Å². The molecule has 0 saturated carbocycles. The molecular formula is C8H19NO2S. The average Bonchev–Trinajstić information content (AvgIpc) is 1.86. The topological polar surface area (TPSA) is 60.2 Å². The van der Waals surface area contributed by atoms with Crippen LogP contribution in [0.2, 0.25) is 0 Å². The van der Waals surface area contributed by atoms with Gasteiger partial charge in [-0.25, -0.2) is 8.42 Å². The standard InChI is InChI=1S/C8H19NO2S/c1-4-7-12(10,11)8(2,3)5-6-9/h4-7,9H2,1-3H3. The summed E-state index contributed by atoms with van der Waals surface area (Å²) in [5.74, 6) is 0.264. The summed E-state index contributed by atoms with van der Waals surface area (Å²) >= 11 is 0. The molecule has 0 heterocycles. The van der Waals surface area contributed by atoms with Crippen LogP contribution in [0.15, 0.2) is 0 Å². The van der Waals surface area contributed by atoms with Gasteiger partial charge in [-0.05, 0) is 33.2 Å². The molecule has 0 aliphatic heterocycles. The van der Waals surface area contributed by atoms with Crippen LogP contribution in [0.4, 0.5) is 0 Å². The Morgan fingerprint density at radius 3 is 2.17 bits per heavy atom. The van der Waals surface area contributed by atoms with E-state index in [1.54, 1.807) is 13.8 Å². The molecule has 0 amide bonds. The van der Waals surface area contributed by atoms with Crippen molar-refractivity contribution in [2.75, 3.05) is 12.3 Å². The van der Waals surface area contributed by atoms with E-state index in [0.717, 1.165) is 0 Å². The van der Waals surface area contributed by atoms with Crippen molar-refractivity contribution in [2.45, 2.75) is 38.4 Å². The van der Waals surface area contributed by atoms with E-state index in [9.17, 15) is 8.42 Å². The van der Waals surface area contributed by atoms with E-state index in [4.69, 9.17) is 5.73 Å². The Balaban J connectivity index is 4.52. The summed E-state index contributed by atoms with van der Waals surface area (Å²) in [7, 11) is -2.95. The van der Waals surface area contributed by atoms with E-state index >= 15 is 0 Å². The lowest BCUT2D eigenvalue weighted by atomic mass is 10.1. The smallest absolute Gasteiger partial charge is 0.155 e. The molecule has 0 spiro atoms. The molecule has 0 aromatic rings. The maximum atomic E-state index is 11.6. The lowest BCUT2D eigenvalue weighted by molar-refractivity contribution is 0.529. The zero-order valence-electron chi connectivity index (χ0n) is 8.13. The maximum Gasteiger partial charge on any atom is 0.155 e. The Morgan fingerprint density at radius 1 is 1.33 bits per heavy atom. The SMILES string of the molecule is CCCS(=O)(=O)C(C)(C)CCN. The minimum Gasteiger partial charge on any atom is -0.330 e. The zero-order chi connectivity index (χ0) is 9.83. The highest BCUT2D eigenvalue weighted by Crippen LogP contribution is 2.21. The minimum atomic E-state index is -2.95. The zero-order valence-corrected chi connectivity index (χ0v) is 8.95. The van der Waals surface area contributed by atoms with E-state index in [1.807, 2.05) is 6.92 Å². The first-order valence-electron chi connectivity index (χ1n) is 4.30. The predicted octanol–water partition coefficient (Wildman–Crippen LogP) is 0.939. The van der Waals surface area contributed by atoms with Crippen molar-refractivity contribution >= 4 is 9.84 Å². The van der Waals surface area contributed by atoms with Gasteiger partial charge in [-0.2, -0.15) is 0 Å². The van der Waals surface area contributed by atoms with Gasteiger partial charge in [-0.3, -0.25) is 0 Å². The predicted molar refractivity (Wildman–Crippen MR) is 51.8 cm³/mol. The Morgan fingerprint density at radius 2 is 1.83 bits per heavy atom. The summed E-state index contributed by atoms with van der Waals surface area (Å²) in [6.07, 6.45) is 1.21. The van der Waals surface area contributed by atoms with Crippen molar-refractivity contribution in [2.24, 2.45) is 5.73 Å². The normalized spacial score (nSPS) is 13.3. The molecule has 0 unspecified atom stereocenters. The summed E-state index contributed by atoms with van der Waals surface area (Å²) in [6.45, 7) is 5.78. The molecule has 0 aliphatic carbocycles. The molecule has 12 heavy (non-hydrogen) atoms. The van der Waals surface area contributed by atoms with Gasteiger partial charge in [0.1, 0.15) is 0 Å². The second-order valence-corrected chi connectivity index (χ2v) is 6.36. The van der Waals surface area contributed by atoms with Gasteiger partial charge >= 0.3 is 0 Å². The van der Waals surface area contributed by atoms with Crippen LogP contribution >= 0.6 is 0 Å². The van der Waals surface area contributed by atoms with Crippen molar-refractivity contribution in [3.8, 4) is 0 Å². The van der Waals surface area contributed by atoms with Crippen molar-refractivity contribution in [1.29, 1.82) is 0 Å². The Hall–Kier alpha value is -0.0900. The van der Waals surface area contributed by atoms with Crippen LogP contribution in [-0.2, 0) is 9.84 Å². The fourth-order valence-electron chi connectivity index (χ4n) is 1.05. The first-order valence-corrected chi connectivity index (χ1v) is 5.95. The molecule has 0 bridgehead atoms. The third kappa shape index (κ3) is 2.75. The first kappa shape index (κ1) is 11.9. The number of hydrogen-bond acceptors (Lipinski definition) is 3. The molecule has 0 atom stereocenters.